The first-order chi connectivity index (χ1) is 15.9. The molecule has 2 aromatic rings. The minimum absolute atomic E-state index is 0.0391. The Bertz CT molecular complexity index is 1070. The highest BCUT2D eigenvalue weighted by molar-refractivity contribution is 5.99. The summed E-state index contributed by atoms with van der Waals surface area (Å²) in [5, 5.41) is 15.2. The van der Waals surface area contributed by atoms with E-state index in [-0.39, 0.29) is 24.2 Å². The molecule has 1 unspecified atom stereocenters. The van der Waals surface area contributed by atoms with Crippen LogP contribution >= 0.6 is 0 Å². The van der Waals surface area contributed by atoms with Crippen molar-refractivity contribution in [3.63, 3.8) is 0 Å². The summed E-state index contributed by atoms with van der Waals surface area (Å²) in [6, 6.07) is 6.57. The molecule has 2 fully saturated rings. The number of benzene rings is 1. The number of nitrogens with one attached hydrogen (secondary N) is 1. The number of amides is 2. The van der Waals surface area contributed by atoms with Gasteiger partial charge in [-0.25, -0.2) is 0 Å². The van der Waals surface area contributed by atoms with Crippen molar-refractivity contribution in [2.75, 3.05) is 38.0 Å². The van der Waals surface area contributed by atoms with Crippen LogP contribution in [0.4, 0.5) is 5.69 Å². The van der Waals surface area contributed by atoms with Crippen LogP contribution in [0.2, 0.25) is 0 Å². The van der Waals surface area contributed by atoms with E-state index in [9.17, 15) is 19.7 Å². The Labute approximate surface area is 191 Å². The number of amidine groups is 1. The van der Waals surface area contributed by atoms with Crippen LogP contribution in [-0.4, -0.2) is 71.1 Å². The van der Waals surface area contributed by atoms with Gasteiger partial charge in [-0.1, -0.05) is 0 Å². The van der Waals surface area contributed by atoms with Crippen molar-refractivity contribution in [3.8, 4) is 0 Å². The van der Waals surface area contributed by atoms with Crippen molar-refractivity contribution in [2.45, 2.75) is 45.1 Å². The molecule has 3 heterocycles. The smallest absolute Gasteiger partial charge is 0.260 e. The van der Waals surface area contributed by atoms with Crippen molar-refractivity contribution < 1.29 is 18.9 Å². The van der Waals surface area contributed by atoms with Crippen molar-refractivity contribution >= 4 is 34.3 Å². The van der Waals surface area contributed by atoms with Crippen LogP contribution in [-0.2, 0) is 9.59 Å². The lowest BCUT2D eigenvalue weighted by molar-refractivity contribution is -0.463. The molecule has 0 spiro atoms. The molecule has 2 saturated heterocycles. The second-order valence-electron chi connectivity index (χ2n) is 8.66. The van der Waals surface area contributed by atoms with E-state index in [1.165, 1.54) is 0 Å². The zero-order valence-electron chi connectivity index (χ0n) is 18.8. The third-order valence-corrected chi connectivity index (χ3v) is 6.06. The summed E-state index contributed by atoms with van der Waals surface area (Å²) >= 11 is 0. The average molecular weight is 456 g/mol. The van der Waals surface area contributed by atoms with Gasteiger partial charge in [0.25, 0.3) is 6.54 Å². The number of anilines is 1. The third-order valence-electron chi connectivity index (χ3n) is 6.06. The fraction of sp³-hybridized carbons (Fsp3) is 0.522. The molecule has 0 bridgehead atoms. The molecule has 0 saturated carbocycles. The fourth-order valence-corrected chi connectivity index (χ4v) is 4.42. The zero-order chi connectivity index (χ0) is 23.4. The van der Waals surface area contributed by atoms with Gasteiger partial charge in [0.2, 0.25) is 11.8 Å². The standard InChI is InChI=1S/C23H29N5O5/c1-16-12-17-7-8-18(13-20(17)33-16)24-21(14-28(31)32)25-19-6-2-3-11-27(23(19)30)15-22(29)26-9-4-5-10-26/h7-8,12-13,19H,2-6,9-11,14-15H2,1H3,(H,24,25). The first-order valence-corrected chi connectivity index (χ1v) is 11.4. The monoisotopic (exact) mass is 455 g/mol. The second kappa shape index (κ2) is 10.0. The van der Waals surface area contributed by atoms with Gasteiger partial charge in [-0.15, -0.1) is 0 Å². The van der Waals surface area contributed by atoms with Crippen LogP contribution in [0.15, 0.2) is 33.7 Å². The number of fused-ring (bicyclic) bond motifs is 1. The number of nitrogens with zero attached hydrogens (tertiary/aromatic N) is 4. The molecule has 2 aliphatic rings. The van der Waals surface area contributed by atoms with Crippen molar-refractivity contribution in [2.24, 2.45) is 4.99 Å². The molecule has 1 atom stereocenters. The topological polar surface area (TPSA) is 121 Å². The Morgan fingerprint density at radius 2 is 1.97 bits per heavy atom. The Hall–Kier alpha value is -3.43. The third kappa shape index (κ3) is 5.68. The quantitative estimate of drug-likeness (QED) is 0.309. The lowest BCUT2D eigenvalue weighted by Gasteiger charge is -2.25. The predicted octanol–water partition coefficient (Wildman–Crippen LogP) is 2.83. The fourth-order valence-electron chi connectivity index (χ4n) is 4.42. The molecule has 10 heteroatoms. The van der Waals surface area contributed by atoms with Crippen LogP contribution < -0.4 is 5.32 Å². The number of carbonyl (C=O) groups excluding carboxylic acids is 2. The van der Waals surface area contributed by atoms with Crippen LogP contribution in [0.3, 0.4) is 0 Å². The summed E-state index contributed by atoms with van der Waals surface area (Å²) < 4.78 is 5.64. The molecule has 1 N–H and O–H groups in total. The number of likely N-dealkylation sites (tertiary alicyclic amines) is 2. The van der Waals surface area contributed by atoms with Crippen LogP contribution in [0, 0.1) is 17.0 Å². The van der Waals surface area contributed by atoms with Gasteiger partial charge in [-0.05, 0) is 57.2 Å². The molecule has 2 aliphatic heterocycles. The molecule has 1 aromatic heterocycles. The van der Waals surface area contributed by atoms with E-state index in [0.29, 0.717) is 24.2 Å². The highest BCUT2D eigenvalue weighted by Crippen LogP contribution is 2.23. The molecule has 1 aromatic carbocycles. The summed E-state index contributed by atoms with van der Waals surface area (Å²) in [5.41, 5.74) is 1.26. The normalized spacial score (nSPS) is 19.7. The predicted molar refractivity (Wildman–Crippen MR) is 124 cm³/mol. The Morgan fingerprint density at radius 1 is 1.21 bits per heavy atom. The van der Waals surface area contributed by atoms with E-state index >= 15 is 0 Å². The van der Waals surface area contributed by atoms with E-state index in [1.807, 2.05) is 19.1 Å². The Kier molecular flexibility index (Phi) is 6.90. The summed E-state index contributed by atoms with van der Waals surface area (Å²) in [7, 11) is 0. The van der Waals surface area contributed by atoms with Crippen molar-refractivity contribution in [1.82, 2.24) is 9.80 Å². The number of carbonyl (C=O) groups is 2. The molecule has 33 heavy (non-hydrogen) atoms. The summed E-state index contributed by atoms with van der Waals surface area (Å²) in [4.78, 5) is 44.4. The number of aryl methyl sites for hydroxylation is 1. The Morgan fingerprint density at radius 3 is 2.73 bits per heavy atom. The largest absolute Gasteiger partial charge is 0.461 e. The van der Waals surface area contributed by atoms with E-state index in [4.69, 9.17) is 4.42 Å². The van der Waals surface area contributed by atoms with Crippen LogP contribution in [0.5, 0.6) is 0 Å². The van der Waals surface area contributed by atoms with Gasteiger partial charge < -0.3 is 19.5 Å². The summed E-state index contributed by atoms with van der Waals surface area (Å²) in [6.45, 7) is 3.32. The van der Waals surface area contributed by atoms with E-state index < -0.39 is 17.5 Å². The van der Waals surface area contributed by atoms with Crippen molar-refractivity contribution in [3.05, 3.63) is 40.1 Å². The van der Waals surface area contributed by atoms with Gasteiger partial charge in [0, 0.05) is 41.7 Å². The molecule has 0 radical (unpaired) electrons. The minimum atomic E-state index is -0.754. The van der Waals surface area contributed by atoms with Gasteiger partial charge in [-0.3, -0.25) is 24.7 Å². The second-order valence-corrected chi connectivity index (χ2v) is 8.66. The molecule has 176 valence electrons. The lowest BCUT2D eigenvalue weighted by Crippen LogP contribution is -2.45. The first kappa shape index (κ1) is 22.8. The molecular formula is C23H29N5O5. The maximum absolute atomic E-state index is 13.2. The molecule has 2 amide bonds. The number of nitro groups is 1. The SMILES string of the molecule is Cc1cc2ccc(NC(C[N+](=O)[O-])=NC3CCCCN(CC(=O)N4CCCC4)C3=O)cc2o1. The lowest BCUT2D eigenvalue weighted by atomic mass is 10.1. The maximum Gasteiger partial charge on any atom is 0.260 e. The zero-order valence-corrected chi connectivity index (χ0v) is 18.8. The van der Waals surface area contributed by atoms with Crippen LogP contribution in [0.25, 0.3) is 11.0 Å². The van der Waals surface area contributed by atoms with Gasteiger partial charge in [0.1, 0.15) is 17.4 Å². The number of hydrogen-bond donors (Lipinski definition) is 1. The number of hydrogen-bond acceptors (Lipinski definition) is 6. The van der Waals surface area contributed by atoms with Crippen molar-refractivity contribution in [1.29, 1.82) is 0 Å². The van der Waals surface area contributed by atoms with Gasteiger partial charge in [-0.2, -0.15) is 0 Å². The molecule has 4 rings (SSSR count). The number of furan rings is 1. The van der Waals surface area contributed by atoms with E-state index in [0.717, 1.165) is 49.9 Å². The molecule has 0 aliphatic carbocycles. The summed E-state index contributed by atoms with van der Waals surface area (Å²) in [5.74, 6) is 0.582. The number of aliphatic imine (C=N–C) groups is 1. The summed E-state index contributed by atoms with van der Waals surface area (Å²) in [6.07, 6.45) is 4.01. The average Bonchev–Trinajstić information content (AvgIpc) is 3.39. The van der Waals surface area contributed by atoms with Gasteiger partial charge in [0.05, 0.1) is 6.54 Å². The minimum Gasteiger partial charge on any atom is -0.461 e. The van der Waals surface area contributed by atoms with Crippen LogP contribution in [0.1, 0.15) is 37.9 Å². The highest BCUT2D eigenvalue weighted by atomic mass is 16.6. The van der Waals surface area contributed by atoms with E-state index in [2.05, 4.69) is 10.3 Å². The molecule has 10 nitrogen and oxygen atoms in total. The van der Waals surface area contributed by atoms with Gasteiger partial charge >= 0.3 is 0 Å². The first-order valence-electron chi connectivity index (χ1n) is 11.4. The highest BCUT2D eigenvalue weighted by Gasteiger charge is 2.30. The Balaban J connectivity index is 1.52. The number of rotatable bonds is 6. The molecular weight excluding hydrogens is 426 g/mol. The maximum atomic E-state index is 13.2. The van der Waals surface area contributed by atoms with Gasteiger partial charge in [0.15, 0.2) is 5.84 Å². The van der Waals surface area contributed by atoms with E-state index in [1.54, 1.807) is 21.9 Å².